The fourth-order valence-electron chi connectivity index (χ4n) is 21.1. The fraction of sp³-hybridized carbons (Fsp3) is 0.632. The molecule has 0 radical (unpaired) electrons. The number of benzene rings is 8. The molecule has 2 heterocycles. The molecule has 8 aromatic rings. The van der Waals surface area contributed by atoms with Crippen molar-refractivity contribution in [3.63, 3.8) is 0 Å². The standard InChI is InChI=1S/2C17H24O2.2C16H24O.4C15H22O.2C4H8O.2CH4/c2*1-12(18)19-16-13-8-6-5-7-9-14(16)11-15(10-13)17(2,3)4;2*1-16(2,3)14-10-12-8-6-5-7-9-13(11-14)15(12)17-4;4*1-15(2,3)13-9-11-7-5-4-6-8-12(10-13)14(11)16;2*1-2-4-5-3-1;;/h2*10-11H,5-9H2,1-4H3;2*10-11H,5-9H2,1-4H3;4*9-10,16H,4-8H2,1-3H3;2*1-4H2;2*1H4. The Morgan fingerprint density at radius 3 is 0.412 bits per heavy atom. The molecule has 0 unspecified atom stereocenters. The van der Waals surface area contributed by atoms with Crippen molar-refractivity contribution in [2.75, 3.05) is 40.6 Å². The molecule has 2 saturated heterocycles. The second kappa shape index (κ2) is 58.5. The van der Waals surface area contributed by atoms with Crippen molar-refractivity contribution in [2.45, 2.75) is 521 Å². The summed E-state index contributed by atoms with van der Waals surface area (Å²) in [5.74, 6) is 5.79. The number of esters is 2. The highest BCUT2D eigenvalue weighted by atomic mass is 16.5. The van der Waals surface area contributed by atoms with Crippen molar-refractivity contribution in [1.82, 2.24) is 0 Å². The maximum absolute atomic E-state index is 11.3. The molecule has 2 fully saturated rings. The third-order valence-electron chi connectivity index (χ3n) is 30.7. The van der Waals surface area contributed by atoms with Gasteiger partial charge in [-0.25, -0.2) is 0 Å². The molecule has 0 saturated carbocycles. The average Bonchev–Trinajstić information content (AvgIpc) is 0.873. The van der Waals surface area contributed by atoms with Crippen LogP contribution in [0.3, 0.4) is 0 Å². The molecule has 18 rings (SSSR count). The molecule has 16 bridgehead atoms. The molecule has 148 heavy (non-hydrogen) atoms. The number of methoxy groups -OCH3 is 2. The van der Waals surface area contributed by atoms with Gasteiger partial charge in [0, 0.05) is 40.3 Å². The van der Waals surface area contributed by atoms with Crippen LogP contribution in [0, 0.1) is 0 Å². The number of hydrogen-bond donors (Lipinski definition) is 4. The van der Waals surface area contributed by atoms with Crippen LogP contribution in [0.1, 0.15) is 508 Å². The first-order valence-electron chi connectivity index (χ1n) is 57.4. The molecule has 0 spiro atoms. The molecule has 8 aromatic carbocycles. The first-order valence-corrected chi connectivity index (χ1v) is 57.4. The predicted octanol–water partition coefficient (Wildman–Crippen LogP) is 35.6. The lowest BCUT2D eigenvalue weighted by atomic mass is 9.82. The van der Waals surface area contributed by atoms with E-state index in [9.17, 15) is 30.0 Å². The lowest BCUT2D eigenvalue weighted by Crippen LogP contribution is -2.15. The normalized spacial score (nSPS) is 16.6. The Hall–Kier alpha value is -8.58. The zero-order valence-electron chi connectivity index (χ0n) is 97.2. The Labute approximate surface area is 902 Å². The molecule has 12 nitrogen and oxygen atoms in total. The number of ether oxygens (including phenoxy) is 6. The maximum atomic E-state index is 11.3. The Bertz CT molecular complexity index is 4730. The third-order valence-corrected chi connectivity index (χ3v) is 30.7. The van der Waals surface area contributed by atoms with Crippen LogP contribution in [-0.4, -0.2) is 73.0 Å². The van der Waals surface area contributed by atoms with Crippen LogP contribution < -0.4 is 18.9 Å². The fourth-order valence-corrected chi connectivity index (χ4v) is 21.1. The summed E-state index contributed by atoms with van der Waals surface area (Å²) in [5, 5.41) is 40.6. The average molecular weight is 2040 g/mol. The van der Waals surface area contributed by atoms with E-state index in [1.165, 1.54) is 308 Å². The van der Waals surface area contributed by atoms with Gasteiger partial charge in [-0.2, -0.15) is 0 Å². The minimum absolute atomic E-state index is 0. The largest absolute Gasteiger partial charge is 0.507 e. The lowest BCUT2D eigenvalue weighted by Gasteiger charge is -2.25. The summed E-state index contributed by atoms with van der Waals surface area (Å²) in [6.07, 6.45) is 52.0. The van der Waals surface area contributed by atoms with Crippen molar-refractivity contribution >= 4 is 11.9 Å². The van der Waals surface area contributed by atoms with Crippen molar-refractivity contribution < 1.29 is 58.4 Å². The lowest BCUT2D eigenvalue weighted by molar-refractivity contribution is -0.132. The van der Waals surface area contributed by atoms with Crippen molar-refractivity contribution in [3.05, 3.63) is 231 Å². The monoisotopic (exact) mass is 2030 g/mol. The summed E-state index contributed by atoms with van der Waals surface area (Å²) in [6, 6.07) is 35.9. The first-order chi connectivity index (χ1) is 68.7. The van der Waals surface area contributed by atoms with Crippen molar-refractivity contribution in [3.8, 4) is 46.0 Å². The van der Waals surface area contributed by atoms with Crippen molar-refractivity contribution in [2.24, 2.45) is 0 Å². The van der Waals surface area contributed by atoms with Gasteiger partial charge in [0.25, 0.3) is 0 Å². The summed E-state index contributed by atoms with van der Waals surface area (Å²) < 4.78 is 32.1. The van der Waals surface area contributed by atoms with E-state index in [0.717, 1.165) is 171 Å². The Morgan fingerprint density at radius 1 is 0.196 bits per heavy atom. The Morgan fingerprint density at radius 2 is 0.311 bits per heavy atom. The highest BCUT2D eigenvalue weighted by Gasteiger charge is 2.31. The second-order valence-electron chi connectivity index (χ2n) is 51.8. The highest BCUT2D eigenvalue weighted by Crippen LogP contribution is 2.45. The summed E-state index contributed by atoms with van der Waals surface area (Å²) in [7, 11) is 3.61. The summed E-state index contributed by atoms with van der Waals surface area (Å²) in [5.41, 5.74) is 32.2. The smallest absolute Gasteiger partial charge is 0.308 e. The molecule has 0 amide bonds. The van der Waals surface area contributed by atoms with Crippen LogP contribution >= 0.6 is 0 Å². The van der Waals surface area contributed by atoms with Gasteiger partial charge in [-0.3, -0.25) is 9.59 Å². The number of rotatable bonds is 4. The minimum atomic E-state index is -0.216. The Balaban J connectivity index is 0.000000225. The van der Waals surface area contributed by atoms with Crippen LogP contribution in [0.15, 0.2) is 97.1 Å². The molecular formula is C136H208O12. The van der Waals surface area contributed by atoms with Gasteiger partial charge in [0.15, 0.2) is 0 Å². The van der Waals surface area contributed by atoms with Gasteiger partial charge in [0.05, 0.1) is 14.2 Å². The van der Waals surface area contributed by atoms with Gasteiger partial charge in [-0.15, -0.1) is 0 Å². The Kier molecular flexibility index (Phi) is 49.9. The summed E-state index contributed by atoms with van der Waals surface area (Å²) in [4.78, 5) is 22.6. The number of phenols is 4. The molecular weight excluding hydrogens is 1830 g/mol. The van der Waals surface area contributed by atoms with Crippen LogP contribution in [0.4, 0.5) is 0 Å². The number of aryl methyl sites for hydroxylation is 16. The number of hydrogen-bond acceptors (Lipinski definition) is 12. The van der Waals surface area contributed by atoms with Gasteiger partial charge in [0.1, 0.15) is 46.0 Å². The minimum Gasteiger partial charge on any atom is -0.507 e. The molecule has 4 N–H and O–H groups in total. The van der Waals surface area contributed by atoms with Crippen LogP contribution in [0.5, 0.6) is 46.0 Å². The number of carbonyl (C=O) groups excluding carboxylic acids is 2. The number of fused-ring (bicyclic) bond motifs is 16. The molecule has 824 valence electrons. The van der Waals surface area contributed by atoms with E-state index < -0.39 is 0 Å². The topological polar surface area (TPSA) is 170 Å². The van der Waals surface area contributed by atoms with Crippen molar-refractivity contribution in [1.29, 1.82) is 0 Å². The third kappa shape index (κ3) is 39.8. The number of aromatic hydroxyl groups is 4. The van der Waals surface area contributed by atoms with Gasteiger partial charge < -0.3 is 48.8 Å². The molecule has 10 aliphatic rings. The molecule has 12 heteroatoms. The van der Waals surface area contributed by atoms with E-state index in [1.807, 2.05) is 0 Å². The number of carbonyl (C=O) groups is 2. The van der Waals surface area contributed by atoms with Gasteiger partial charge in [-0.05, 0) is 408 Å². The maximum Gasteiger partial charge on any atom is 0.308 e. The summed E-state index contributed by atoms with van der Waals surface area (Å²) >= 11 is 0. The zero-order valence-corrected chi connectivity index (χ0v) is 97.2. The van der Waals surface area contributed by atoms with Gasteiger partial charge in [0.2, 0.25) is 0 Å². The van der Waals surface area contributed by atoms with E-state index in [-0.39, 0.29) is 70.1 Å². The molecule has 0 aromatic heterocycles. The first kappa shape index (κ1) is 126. The number of phenolic OH excluding ortho intramolecular Hbond substituents is 4. The molecule has 8 aliphatic carbocycles. The van der Waals surface area contributed by atoms with E-state index >= 15 is 0 Å². The second-order valence-corrected chi connectivity index (χ2v) is 51.8. The van der Waals surface area contributed by atoms with E-state index in [1.54, 1.807) is 14.2 Å². The van der Waals surface area contributed by atoms with Gasteiger partial charge >= 0.3 is 11.9 Å². The van der Waals surface area contributed by atoms with E-state index in [4.69, 9.17) is 28.4 Å². The van der Waals surface area contributed by atoms with Crippen LogP contribution in [-0.2, 0) is 165 Å². The van der Waals surface area contributed by atoms with Crippen LogP contribution in [0.25, 0.3) is 0 Å². The predicted molar refractivity (Wildman–Crippen MR) is 627 cm³/mol. The molecule has 2 aliphatic heterocycles. The van der Waals surface area contributed by atoms with Crippen LogP contribution in [0.2, 0.25) is 0 Å². The quantitative estimate of drug-likeness (QED) is 0.0973. The zero-order chi connectivity index (χ0) is 107. The molecule has 0 atom stereocenters. The van der Waals surface area contributed by atoms with Gasteiger partial charge in [-0.1, -0.05) is 329 Å². The SMILES string of the molecule is C.C.C1CCOC1.C1CCOC1.CC(=O)Oc1c2cc(C(C)(C)C)cc1CCCCC2.CC(=O)Oc1c2cc(C(C)(C)C)cc1CCCCC2.CC(C)(C)c1cc2c(O)c(c1)CCCCC2.CC(C)(C)c1cc2c(O)c(c1)CCCCC2.CC(C)(C)c1cc2c(O)c(c1)CCCCC2.CC(C)(C)c1cc2c(O)c(c1)CCCCC2.COc1c2cc(C(C)(C)C)cc1CCCCC2.COc1c2cc(C(C)(C)C)cc1CCCCC2. The summed E-state index contributed by atoms with van der Waals surface area (Å²) in [6.45, 7) is 60.9. The van der Waals surface area contributed by atoms with E-state index in [0.29, 0.717) is 23.0 Å². The highest BCUT2D eigenvalue weighted by molar-refractivity contribution is 5.72. The van der Waals surface area contributed by atoms with E-state index in [2.05, 4.69) is 263 Å².